The minimum absolute atomic E-state index is 0.00915. The molecule has 1 fully saturated rings. The highest BCUT2D eigenvalue weighted by molar-refractivity contribution is 7.07. The van der Waals surface area contributed by atoms with E-state index in [4.69, 9.17) is 9.73 Å². The van der Waals surface area contributed by atoms with Gasteiger partial charge in [-0.15, -0.1) is 11.3 Å². The Labute approximate surface area is 170 Å². The van der Waals surface area contributed by atoms with Crippen LogP contribution in [0.1, 0.15) is 28.8 Å². The monoisotopic (exact) mass is 409 g/mol. The molecule has 0 unspecified atom stereocenters. The van der Waals surface area contributed by atoms with Crippen LogP contribution in [-0.4, -0.2) is 40.2 Å². The summed E-state index contributed by atoms with van der Waals surface area (Å²) in [6, 6.07) is 11.7. The Hall–Kier alpha value is -3.39. The standard InChI is InChI=1S/C21H19N3O4S/c1-28-20(27)14-4-2-13(3-5-14)11-22-24-18(12-29-21(24)23-15-6-7-15)17-9-8-16(25)10-19(17)26/h2-5,8-12,15,25-26H,6-7H2,1H3/b22-11+,23-21?. The van der Waals surface area contributed by atoms with Gasteiger partial charge in [0, 0.05) is 17.0 Å². The number of rotatable bonds is 5. The Kier molecular flexibility index (Phi) is 5.18. The number of phenolic OH excluding ortho intramolecular Hbond substituents is 2. The van der Waals surface area contributed by atoms with E-state index in [2.05, 4.69) is 5.10 Å². The van der Waals surface area contributed by atoms with Crippen LogP contribution in [0.5, 0.6) is 11.5 Å². The zero-order valence-electron chi connectivity index (χ0n) is 15.6. The summed E-state index contributed by atoms with van der Waals surface area (Å²) in [5.41, 5.74) is 2.49. The molecule has 0 bridgehead atoms. The van der Waals surface area contributed by atoms with Gasteiger partial charge in [-0.1, -0.05) is 12.1 Å². The van der Waals surface area contributed by atoms with Gasteiger partial charge in [0.15, 0.2) is 0 Å². The van der Waals surface area contributed by atoms with Gasteiger partial charge in [-0.2, -0.15) is 5.10 Å². The van der Waals surface area contributed by atoms with Crippen molar-refractivity contribution in [2.75, 3.05) is 7.11 Å². The van der Waals surface area contributed by atoms with Gasteiger partial charge in [-0.05, 0) is 42.7 Å². The van der Waals surface area contributed by atoms with Gasteiger partial charge in [0.1, 0.15) is 11.5 Å². The molecule has 8 heteroatoms. The maximum absolute atomic E-state index is 11.6. The summed E-state index contributed by atoms with van der Waals surface area (Å²) < 4.78 is 6.39. The van der Waals surface area contributed by atoms with Crippen molar-refractivity contribution in [3.63, 3.8) is 0 Å². The molecule has 0 radical (unpaired) electrons. The van der Waals surface area contributed by atoms with E-state index in [-0.39, 0.29) is 11.5 Å². The molecular formula is C21H19N3O4S. The molecule has 29 heavy (non-hydrogen) atoms. The van der Waals surface area contributed by atoms with Gasteiger partial charge < -0.3 is 14.9 Å². The minimum Gasteiger partial charge on any atom is -0.508 e. The second kappa shape index (κ2) is 7.92. The van der Waals surface area contributed by atoms with Crippen LogP contribution in [0, 0.1) is 0 Å². The number of aromatic hydroxyl groups is 2. The smallest absolute Gasteiger partial charge is 0.337 e. The van der Waals surface area contributed by atoms with Gasteiger partial charge in [0.25, 0.3) is 0 Å². The second-order valence-corrected chi connectivity index (χ2v) is 7.47. The van der Waals surface area contributed by atoms with Crippen molar-refractivity contribution in [3.05, 3.63) is 63.8 Å². The van der Waals surface area contributed by atoms with E-state index in [1.54, 1.807) is 41.2 Å². The van der Waals surface area contributed by atoms with Gasteiger partial charge in [-0.25, -0.2) is 9.47 Å². The molecule has 2 N–H and O–H groups in total. The van der Waals surface area contributed by atoms with E-state index >= 15 is 0 Å². The van der Waals surface area contributed by atoms with Gasteiger partial charge in [-0.3, -0.25) is 4.99 Å². The van der Waals surface area contributed by atoms with E-state index in [0.717, 1.165) is 23.2 Å². The largest absolute Gasteiger partial charge is 0.508 e. The lowest BCUT2D eigenvalue weighted by Gasteiger charge is -2.06. The summed E-state index contributed by atoms with van der Waals surface area (Å²) in [6.07, 6.45) is 3.80. The van der Waals surface area contributed by atoms with Crippen molar-refractivity contribution in [2.24, 2.45) is 10.1 Å². The first-order chi connectivity index (χ1) is 14.0. The predicted octanol–water partition coefficient (Wildman–Crippen LogP) is 3.36. The Bertz CT molecular complexity index is 1140. The highest BCUT2D eigenvalue weighted by Crippen LogP contribution is 2.32. The lowest BCUT2D eigenvalue weighted by molar-refractivity contribution is 0.0600. The number of esters is 1. The Balaban J connectivity index is 1.72. The van der Waals surface area contributed by atoms with Crippen molar-refractivity contribution in [2.45, 2.75) is 18.9 Å². The molecule has 3 aromatic rings. The summed E-state index contributed by atoms with van der Waals surface area (Å²) in [7, 11) is 1.34. The molecular weight excluding hydrogens is 390 g/mol. The Morgan fingerprint density at radius 3 is 2.62 bits per heavy atom. The van der Waals surface area contributed by atoms with Crippen molar-refractivity contribution in [1.29, 1.82) is 0 Å². The molecule has 1 heterocycles. The summed E-state index contributed by atoms with van der Waals surface area (Å²) >= 11 is 1.44. The first kappa shape index (κ1) is 18.9. The lowest BCUT2D eigenvalue weighted by Crippen LogP contribution is -2.13. The van der Waals surface area contributed by atoms with Crippen molar-refractivity contribution in [1.82, 2.24) is 4.68 Å². The molecule has 148 valence electrons. The zero-order chi connectivity index (χ0) is 20.4. The summed E-state index contributed by atoms with van der Waals surface area (Å²) in [6.45, 7) is 0. The Morgan fingerprint density at radius 2 is 1.97 bits per heavy atom. The molecule has 0 amide bonds. The summed E-state index contributed by atoms with van der Waals surface area (Å²) in [5, 5.41) is 26.3. The highest BCUT2D eigenvalue weighted by Gasteiger charge is 2.21. The molecule has 4 rings (SSSR count). The minimum atomic E-state index is -0.392. The fourth-order valence-electron chi connectivity index (χ4n) is 2.73. The number of benzene rings is 2. The summed E-state index contributed by atoms with van der Waals surface area (Å²) in [5.74, 6) is -0.436. The van der Waals surface area contributed by atoms with E-state index in [0.29, 0.717) is 22.9 Å². The number of thiazole rings is 1. The van der Waals surface area contributed by atoms with Crippen LogP contribution in [0.25, 0.3) is 11.3 Å². The third kappa shape index (κ3) is 4.22. The maximum Gasteiger partial charge on any atom is 0.337 e. The second-order valence-electron chi connectivity index (χ2n) is 6.64. The molecule has 0 aliphatic heterocycles. The molecule has 0 atom stereocenters. The van der Waals surface area contributed by atoms with E-state index in [9.17, 15) is 15.0 Å². The Morgan fingerprint density at radius 1 is 1.21 bits per heavy atom. The first-order valence-corrected chi connectivity index (χ1v) is 9.92. The van der Waals surface area contributed by atoms with Crippen LogP contribution >= 0.6 is 11.3 Å². The molecule has 0 saturated heterocycles. The van der Waals surface area contributed by atoms with Crippen molar-refractivity contribution >= 4 is 23.5 Å². The van der Waals surface area contributed by atoms with E-state index < -0.39 is 5.97 Å². The number of carbonyl (C=O) groups excluding carboxylic acids is 1. The van der Waals surface area contributed by atoms with Crippen molar-refractivity contribution < 1.29 is 19.7 Å². The fourth-order valence-corrected chi connectivity index (χ4v) is 3.63. The molecule has 0 spiro atoms. The summed E-state index contributed by atoms with van der Waals surface area (Å²) in [4.78, 5) is 17.0. The topological polar surface area (TPSA) is 96.4 Å². The number of methoxy groups -OCH3 is 1. The van der Waals surface area contributed by atoms with Crippen LogP contribution in [0.15, 0.2) is 57.9 Å². The van der Waals surface area contributed by atoms with Crippen LogP contribution in [0.2, 0.25) is 0 Å². The fraction of sp³-hybridized carbons (Fsp3) is 0.190. The average molecular weight is 409 g/mol. The normalized spacial score (nSPS) is 14.4. The van der Waals surface area contributed by atoms with Gasteiger partial charge >= 0.3 is 5.97 Å². The maximum atomic E-state index is 11.6. The third-order valence-corrected chi connectivity index (χ3v) is 5.27. The number of hydrogen-bond donors (Lipinski definition) is 2. The number of phenols is 2. The SMILES string of the molecule is COC(=O)c1ccc(/C=N/n2c(-c3ccc(O)cc3O)csc2=NC2CC2)cc1. The number of carbonyl (C=O) groups is 1. The molecule has 2 aromatic carbocycles. The number of hydrogen-bond acceptors (Lipinski definition) is 7. The van der Waals surface area contributed by atoms with E-state index in [1.807, 2.05) is 5.38 Å². The zero-order valence-corrected chi connectivity index (χ0v) is 16.5. The number of ether oxygens (including phenoxy) is 1. The molecule has 1 aliphatic rings. The molecule has 1 aromatic heterocycles. The predicted molar refractivity (Wildman–Crippen MR) is 110 cm³/mol. The highest BCUT2D eigenvalue weighted by atomic mass is 32.1. The molecule has 7 nitrogen and oxygen atoms in total. The average Bonchev–Trinajstić information content (AvgIpc) is 3.46. The van der Waals surface area contributed by atoms with Crippen LogP contribution < -0.4 is 4.80 Å². The van der Waals surface area contributed by atoms with Crippen LogP contribution in [0.3, 0.4) is 0 Å². The van der Waals surface area contributed by atoms with Gasteiger partial charge in [0.2, 0.25) is 4.80 Å². The van der Waals surface area contributed by atoms with Gasteiger partial charge in [0.05, 0.1) is 30.6 Å². The first-order valence-electron chi connectivity index (χ1n) is 9.04. The number of nitrogens with zero attached hydrogens (tertiary/aromatic N) is 3. The quantitative estimate of drug-likeness (QED) is 0.499. The van der Waals surface area contributed by atoms with E-state index in [1.165, 1.54) is 30.6 Å². The van der Waals surface area contributed by atoms with Crippen molar-refractivity contribution in [3.8, 4) is 22.8 Å². The van der Waals surface area contributed by atoms with Crippen LogP contribution in [0.4, 0.5) is 0 Å². The number of aromatic nitrogens is 1. The molecule has 1 aliphatic carbocycles. The lowest BCUT2D eigenvalue weighted by atomic mass is 10.1. The molecule has 1 saturated carbocycles. The van der Waals surface area contributed by atoms with Crippen LogP contribution in [-0.2, 0) is 4.74 Å². The third-order valence-electron chi connectivity index (χ3n) is 4.44.